The summed E-state index contributed by atoms with van der Waals surface area (Å²) >= 11 is 0. The van der Waals surface area contributed by atoms with Gasteiger partial charge >= 0.3 is 0 Å². The quantitative estimate of drug-likeness (QED) is 0.759. The Kier molecular flexibility index (Phi) is 2.82. The van der Waals surface area contributed by atoms with Gasteiger partial charge in [0, 0.05) is 12.4 Å². The highest BCUT2D eigenvalue weighted by molar-refractivity contribution is 6.50. The van der Waals surface area contributed by atoms with Gasteiger partial charge in [0.25, 0.3) is 0 Å². The van der Waals surface area contributed by atoms with Crippen LogP contribution in [-0.4, -0.2) is 21.4 Å². The van der Waals surface area contributed by atoms with Gasteiger partial charge in [-0.25, -0.2) is 0 Å². The minimum Gasteiger partial charge on any atom is -0.296 e. The van der Waals surface area contributed by atoms with Gasteiger partial charge in [-0.05, 0) is 24.3 Å². The van der Waals surface area contributed by atoms with Gasteiger partial charge in [0.15, 0.2) is 0 Å². The molecule has 4 heteroatoms. The summed E-state index contributed by atoms with van der Waals surface area (Å²) < 4.78 is 0. The smallest absolute Gasteiger partial charge is 0.107 e. The zero-order chi connectivity index (χ0) is 11.4. The van der Waals surface area contributed by atoms with E-state index in [-0.39, 0.29) is 11.4 Å². The number of rotatable bonds is 3. The number of nitrogens with one attached hydrogen (secondary N) is 2. The molecule has 0 aliphatic carbocycles. The first-order valence-electron chi connectivity index (χ1n) is 4.79. The van der Waals surface area contributed by atoms with E-state index in [1.807, 2.05) is 0 Å². The summed E-state index contributed by atoms with van der Waals surface area (Å²) in [7, 11) is 0. The fraction of sp³-hybridized carbons (Fsp3) is 0. The van der Waals surface area contributed by atoms with Crippen molar-refractivity contribution in [2.75, 3.05) is 0 Å². The molecule has 2 aromatic rings. The average molecular weight is 210 g/mol. The van der Waals surface area contributed by atoms with Crippen molar-refractivity contribution in [1.29, 1.82) is 10.8 Å². The van der Waals surface area contributed by atoms with Crippen LogP contribution in [0, 0.1) is 10.8 Å². The Hall–Kier alpha value is -2.36. The molecule has 2 N–H and O–H groups in total. The van der Waals surface area contributed by atoms with Crippen LogP contribution in [0.25, 0.3) is 0 Å². The third-order valence-corrected chi connectivity index (χ3v) is 2.09. The summed E-state index contributed by atoms with van der Waals surface area (Å²) in [5.41, 5.74) is 1.13. The molecule has 0 saturated heterocycles. The van der Waals surface area contributed by atoms with Gasteiger partial charge in [-0.3, -0.25) is 20.8 Å². The number of aromatic nitrogens is 2. The third-order valence-electron chi connectivity index (χ3n) is 2.09. The summed E-state index contributed by atoms with van der Waals surface area (Å²) in [6.07, 6.45) is 3.21. The van der Waals surface area contributed by atoms with Crippen LogP contribution in [0.15, 0.2) is 48.8 Å². The average Bonchev–Trinajstić information content (AvgIpc) is 2.39. The van der Waals surface area contributed by atoms with Gasteiger partial charge < -0.3 is 0 Å². The fourth-order valence-corrected chi connectivity index (χ4v) is 1.28. The summed E-state index contributed by atoms with van der Waals surface area (Å²) in [4.78, 5) is 8.06. The van der Waals surface area contributed by atoms with E-state index in [9.17, 15) is 0 Å². The van der Waals surface area contributed by atoms with Crippen LogP contribution in [0.4, 0.5) is 0 Å². The highest BCUT2D eigenvalue weighted by Gasteiger charge is 2.11. The van der Waals surface area contributed by atoms with Gasteiger partial charge in [-0.1, -0.05) is 12.1 Å². The SMILES string of the molecule is N=C(C(=N)c1ccccn1)c1ccccn1. The predicted octanol–water partition coefficient (Wildman–Crippen LogP) is 1.91. The highest BCUT2D eigenvalue weighted by Crippen LogP contribution is 2.02. The normalized spacial score (nSPS) is 9.75. The lowest BCUT2D eigenvalue weighted by molar-refractivity contribution is 1.26. The van der Waals surface area contributed by atoms with Crippen LogP contribution in [0.1, 0.15) is 11.4 Å². The van der Waals surface area contributed by atoms with Crippen molar-refractivity contribution in [3.63, 3.8) is 0 Å². The molecule has 0 atom stereocenters. The topological polar surface area (TPSA) is 73.5 Å². The van der Waals surface area contributed by atoms with E-state index in [4.69, 9.17) is 10.8 Å². The maximum atomic E-state index is 7.85. The number of pyridine rings is 2. The summed E-state index contributed by atoms with van der Waals surface area (Å²) in [5, 5.41) is 15.7. The molecule has 78 valence electrons. The van der Waals surface area contributed by atoms with E-state index in [0.717, 1.165) is 0 Å². The summed E-state index contributed by atoms with van der Waals surface area (Å²) in [6.45, 7) is 0. The van der Waals surface area contributed by atoms with Crippen molar-refractivity contribution in [2.45, 2.75) is 0 Å². The van der Waals surface area contributed by atoms with E-state index >= 15 is 0 Å². The van der Waals surface area contributed by atoms with Crippen molar-refractivity contribution in [3.8, 4) is 0 Å². The van der Waals surface area contributed by atoms with E-state index in [0.29, 0.717) is 11.4 Å². The molecule has 16 heavy (non-hydrogen) atoms. The van der Waals surface area contributed by atoms with Crippen LogP contribution in [0.2, 0.25) is 0 Å². The van der Waals surface area contributed by atoms with Gasteiger partial charge in [0.2, 0.25) is 0 Å². The molecule has 2 aromatic heterocycles. The maximum absolute atomic E-state index is 7.85. The number of hydrogen-bond donors (Lipinski definition) is 2. The fourth-order valence-electron chi connectivity index (χ4n) is 1.28. The maximum Gasteiger partial charge on any atom is 0.107 e. The van der Waals surface area contributed by atoms with Gasteiger partial charge in [0.1, 0.15) is 11.4 Å². The molecule has 0 aliphatic heterocycles. The third kappa shape index (κ3) is 2.00. The molecule has 4 nitrogen and oxygen atoms in total. The first-order chi connectivity index (χ1) is 7.79. The monoisotopic (exact) mass is 210 g/mol. The lowest BCUT2D eigenvalue weighted by atomic mass is 10.1. The van der Waals surface area contributed by atoms with Crippen LogP contribution >= 0.6 is 0 Å². The Balaban J connectivity index is 2.28. The lowest BCUT2D eigenvalue weighted by Gasteiger charge is -2.03. The standard InChI is InChI=1S/C12H10N4/c13-11(9-5-1-3-7-15-9)12(14)10-6-2-4-8-16-10/h1-8,13-14H. The Morgan fingerprint density at radius 3 is 1.50 bits per heavy atom. The van der Waals surface area contributed by atoms with Crippen LogP contribution in [0.3, 0.4) is 0 Å². The molecule has 0 aromatic carbocycles. The van der Waals surface area contributed by atoms with Crippen molar-refractivity contribution in [2.24, 2.45) is 0 Å². The number of hydrogen-bond acceptors (Lipinski definition) is 4. The molecule has 0 fully saturated rings. The molecule has 0 saturated carbocycles. The minimum absolute atomic E-state index is 0.0827. The largest absolute Gasteiger partial charge is 0.296 e. The van der Waals surface area contributed by atoms with Crippen LogP contribution in [0.5, 0.6) is 0 Å². The van der Waals surface area contributed by atoms with Gasteiger partial charge in [0.05, 0.1) is 11.4 Å². The zero-order valence-corrected chi connectivity index (χ0v) is 8.51. The molecule has 0 aliphatic rings. The van der Waals surface area contributed by atoms with Crippen LogP contribution < -0.4 is 0 Å². The molecule has 0 radical (unpaired) electrons. The molecule has 0 amide bonds. The Morgan fingerprint density at radius 1 is 0.750 bits per heavy atom. The summed E-state index contributed by atoms with van der Waals surface area (Å²) in [6, 6.07) is 10.6. The predicted molar refractivity (Wildman–Crippen MR) is 62.1 cm³/mol. The van der Waals surface area contributed by atoms with Crippen molar-refractivity contribution in [3.05, 3.63) is 60.2 Å². The minimum atomic E-state index is 0.0827. The molecule has 0 unspecified atom stereocenters. The zero-order valence-electron chi connectivity index (χ0n) is 8.51. The number of nitrogens with zero attached hydrogens (tertiary/aromatic N) is 2. The second-order valence-corrected chi connectivity index (χ2v) is 3.18. The van der Waals surface area contributed by atoms with Crippen molar-refractivity contribution < 1.29 is 0 Å². The van der Waals surface area contributed by atoms with Gasteiger partial charge in [-0.15, -0.1) is 0 Å². The van der Waals surface area contributed by atoms with Crippen molar-refractivity contribution in [1.82, 2.24) is 9.97 Å². The van der Waals surface area contributed by atoms with E-state index in [1.165, 1.54) is 0 Å². The Bertz CT molecular complexity index is 456. The molecule has 2 heterocycles. The van der Waals surface area contributed by atoms with E-state index in [2.05, 4.69) is 9.97 Å². The Labute approximate surface area is 93.0 Å². The Morgan fingerprint density at radius 2 is 1.19 bits per heavy atom. The highest BCUT2D eigenvalue weighted by atomic mass is 14.7. The molecule has 2 rings (SSSR count). The van der Waals surface area contributed by atoms with E-state index < -0.39 is 0 Å². The second kappa shape index (κ2) is 4.44. The van der Waals surface area contributed by atoms with Gasteiger partial charge in [-0.2, -0.15) is 0 Å². The second-order valence-electron chi connectivity index (χ2n) is 3.18. The molecular weight excluding hydrogens is 200 g/mol. The van der Waals surface area contributed by atoms with E-state index in [1.54, 1.807) is 48.8 Å². The van der Waals surface area contributed by atoms with Crippen LogP contribution in [-0.2, 0) is 0 Å². The lowest BCUT2D eigenvalue weighted by Crippen LogP contribution is -2.16. The summed E-state index contributed by atoms with van der Waals surface area (Å²) in [5.74, 6) is 0. The first-order valence-corrected chi connectivity index (χ1v) is 4.79. The van der Waals surface area contributed by atoms with Crippen molar-refractivity contribution >= 4 is 11.4 Å². The molecule has 0 bridgehead atoms. The first kappa shape index (κ1) is 10.2. The molecular formula is C12H10N4. The molecule has 0 spiro atoms.